The Morgan fingerprint density at radius 1 is 0.375 bits per heavy atom. The van der Waals surface area contributed by atoms with Crippen molar-refractivity contribution >= 4 is 5.57 Å². The molecule has 0 atom stereocenters. The molecule has 0 aliphatic heterocycles. The molecule has 9 rings (SSSR count). The molecule has 96 heavy (non-hydrogen) atoms. The first-order chi connectivity index (χ1) is 45.7. The molecule has 0 saturated heterocycles. The number of allylic oxidation sites excluding steroid dienone is 9. The van der Waals surface area contributed by atoms with Gasteiger partial charge in [-0.3, -0.25) is 0 Å². The van der Waals surface area contributed by atoms with E-state index < -0.39 is 6.11 Å². The van der Waals surface area contributed by atoms with Gasteiger partial charge in [0.2, 0.25) is 0 Å². The Bertz CT molecular complexity index is 3080. The highest BCUT2D eigenvalue weighted by Crippen LogP contribution is 2.47. The Morgan fingerprint density at radius 2 is 0.698 bits per heavy atom. The van der Waals surface area contributed by atoms with Gasteiger partial charge in [-0.05, 0) is 457 Å². The molecular weight excluding hydrogens is 1190 g/mol. The van der Waals surface area contributed by atoms with Crippen molar-refractivity contribution in [2.24, 2.45) is 71.0 Å². The molecule has 1 nitrogen and oxygen atoms in total. The lowest BCUT2D eigenvalue weighted by molar-refractivity contribution is -0.186. The molecule has 0 N–H and O–H groups in total. The lowest BCUT2D eigenvalue weighted by Crippen LogP contribution is -2.27. The van der Waals surface area contributed by atoms with E-state index in [0.717, 1.165) is 155 Å². The van der Waals surface area contributed by atoms with Gasteiger partial charge in [0.1, 0.15) is 5.75 Å². The predicted octanol–water partition coefficient (Wildman–Crippen LogP) is 28.5. The number of benzene rings is 3. The average molecular weight is 1330 g/mol. The fourth-order valence-corrected chi connectivity index (χ4v) is 19.1. The van der Waals surface area contributed by atoms with Crippen LogP contribution in [0.2, 0.25) is 0 Å². The minimum atomic E-state index is -3.45. The predicted molar refractivity (Wildman–Crippen MR) is 403 cm³/mol. The minimum absolute atomic E-state index is 0.0232. The fraction of sp³-hybridized carbons (Fsp3) is 0.667. The molecule has 0 aromatic heterocycles. The quantitative estimate of drug-likeness (QED) is 0.0859. The van der Waals surface area contributed by atoms with Crippen LogP contribution in [0.3, 0.4) is 0 Å². The summed E-state index contributed by atoms with van der Waals surface area (Å²) in [6.45, 7) is 38.0. The summed E-state index contributed by atoms with van der Waals surface area (Å²) in [7, 11) is 0. The minimum Gasteiger partial charge on any atom is -0.428 e. The Morgan fingerprint density at radius 3 is 1.09 bits per heavy atom. The molecule has 0 spiro atoms. The molecule has 534 valence electrons. The van der Waals surface area contributed by atoms with Crippen LogP contribution in [0.5, 0.6) is 5.75 Å². The second-order valence-electron chi connectivity index (χ2n) is 32.6. The van der Waals surface area contributed by atoms with Gasteiger partial charge in [-0.25, -0.2) is 13.2 Å². The zero-order valence-electron chi connectivity index (χ0n) is 63.9. The molecule has 6 heteroatoms. The summed E-state index contributed by atoms with van der Waals surface area (Å²) < 4.78 is 74.3. The largest absolute Gasteiger partial charge is 0.428 e. The Labute approximate surface area is 584 Å². The highest BCUT2D eigenvalue weighted by Gasteiger charge is 2.41. The van der Waals surface area contributed by atoms with Crippen molar-refractivity contribution in [2.75, 3.05) is 0 Å². The molecule has 0 bridgehead atoms. The zero-order valence-corrected chi connectivity index (χ0v) is 63.9. The monoisotopic (exact) mass is 1330 g/mol. The van der Waals surface area contributed by atoms with E-state index in [1.165, 1.54) is 175 Å². The number of ether oxygens (including phenoxy) is 1. The van der Waals surface area contributed by atoms with E-state index in [9.17, 15) is 13.2 Å². The van der Waals surface area contributed by atoms with E-state index in [4.69, 9.17) is 4.74 Å². The maximum Gasteiger partial charge on any atom is 0.427 e. The van der Waals surface area contributed by atoms with Gasteiger partial charge in [0.05, 0.1) is 24.6 Å². The third-order valence-electron chi connectivity index (χ3n) is 26.9. The van der Waals surface area contributed by atoms with Crippen LogP contribution in [0.1, 0.15) is 302 Å². The van der Waals surface area contributed by atoms with Gasteiger partial charge in [0.25, 0.3) is 0 Å². The lowest BCUT2D eigenvalue weighted by atomic mass is 9.68. The standard InChI is InChI=1S/C34H45F3O.C31H47F.C25H41F/c1-19(18-30-15-13-29(14-16-30)12-11-17-35)31-23(5)27(9)33(28(10)24(31)6)38-34(36,37)32-25(7)21(3)20(2)22(4)26(32)8;1-21(20-29-11-9-27(10-12-29)8-7-19-32)30-16-13-28(14-17-30)15-18-31-25(5)23(3)22(2)24(4)26(31)6;1-19-5-11-23(12-6-19)20(2)18-22-9-15-25(16-10-22)24-13-7-21(8-14-24)4-3-17-26/h11,17-18,29-30H,12-16H2,1-10H3;7,19-20,27-30H,8-18H2,1-6H3;3,17-19,21-25H,4-16H2,1-2H3/b17-11+,19-18+;19-7+,21-20+;17-3+,20-18?. The van der Waals surface area contributed by atoms with E-state index in [1.807, 2.05) is 48.5 Å². The molecule has 3 aromatic carbocycles. The fourth-order valence-electron chi connectivity index (χ4n) is 19.1. The van der Waals surface area contributed by atoms with Crippen LogP contribution in [0.4, 0.5) is 22.0 Å². The summed E-state index contributed by atoms with van der Waals surface area (Å²) in [4.78, 5) is 0. The van der Waals surface area contributed by atoms with E-state index in [-0.39, 0.29) is 11.3 Å². The Kier molecular flexibility index (Phi) is 30.6. The number of hydrogen-bond acceptors (Lipinski definition) is 1. The first-order valence-electron chi connectivity index (χ1n) is 38.8. The lowest BCUT2D eigenvalue weighted by Gasteiger charge is -2.37. The molecule has 6 saturated carbocycles. The van der Waals surface area contributed by atoms with Crippen LogP contribution in [0, 0.1) is 168 Å². The summed E-state index contributed by atoms with van der Waals surface area (Å²) in [5.41, 5.74) is 22.3. The van der Waals surface area contributed by atoms with Crippen molar-refractivity contribution in [1.82, 2.24) is 0 Å². The molecule has 6 aliphatic carbocycles. The van der Waals surface area contributed by atoms with Crippen LogP contribution in [0.25, 0.3) is 5.57 Å². The van der Waals surface area contributed by atoms with Gasteiger partial charge >= 0.3 is 6.11 Å². The number of rotatable bonds is 19. The van der Waals surface area contributed by atoms with Crippen molar-refractivity contribution in [2.45, 2.75) is 317 Å². The van der Waals surface area contributed by atoms with E-state index >= 15 is 8.78 Å². The Hall–Kier alpha value is -4.45. The first-order valence-corrected chi connectivity index (χ1v) is 38.8. The van der Waals surface area contributed by atoms with Crippen LogP contribution in [-0.2, 0) is 12.5 Å². The van der Waals surface area contributed by atoms with Gasteiger partial charge in [-0.1, -0.05) is 67.4 Å². The maximum atomic E-state index is 15.9. The highest BCUT2D eigenvalue weighted by molar-refractivity contribution is 5.74. The molecule has 0 unspecified atom stereocenters. The SMILES string of the molecule is C/C(=C\C1CCC(C/C=C/F)CC1)C1CCC(CCc2c(C)c(C)c(C)c(C)c2C)CC1.C/C(=C\C1CCC(C/C=C/F)CC1)c1c(C)c(C)c(OC(F)(F)c2c(C)c(C)c(C)c(C)c2C)c(C)c1C.CC(=CC1CCC(C2CCC(C/C=C/F)CC2)CC1)C1CCC(C)CC1. The summed E-state index contributed by atoms with van der Waals surface area (Å²) >= 11 is 0. The van der Waals surface area contributed by atoms with Gasteiger partial charge in [-0.15, -0.1) is 0 Å². The molecule has 0 radical (unpaired) electrons. The van der Waals surface area contributed by atoms with Crippen LogP contribution in [0.15, 0.2) is 66.6 Å². The van der Waals surface area contributed by atoms with Crippen molar-refractivity contribution in [3.63, 3.8) is 0 Å². The van der Waals surface area contributed by atoms with E-state index in [1.54, 1.807) is 48.8 Å². The summed E-state index contributed by atoms with van der Waals surface area (Å²) in [6, 6.07) is 0. The number of halogens is 5. The third-order valence-corrected chi connectivity index (χ3v) is 26.9. The smallest absolute Gasteiger partial charge is 0.427 e. The molecule has 0 amide bonds. The normalized spacial score (nSPS) is 27.4. The molecule has 6 fully saturated rings. The summed E-state index contributed by atoms with van der Waals surface area (Å²) in [6.07, 6.45) is 48.7. The second kappa shape index (κ2) is 37.3. The van der Waals surface area contributed by atoms with Gasteiger partial charge < -0.3 is 4.74 Å². The van der Waals surface area contributed by atoms with E-state index in [2.05, 4.69) is 80.5 Å². The van der Waals surface area contributed by atoms with Crippen molar-refractivity contribution in [3.8, 4) is 5.75 Å². The molecular formula is C90H133F5O. The van der Waals surface area contributed by atoms with Gasteiger partial charge in [0, 0.05) is 0 Å². The third kappa shape index (κ3) is 20.8. The van der Waals surface area contributed by atoms with Crippen molar-refractivity contribution < 1.29 is 26.7 Å². The Balaban J connectivity index is 0.000000207. The van der Waals surface area contributed by atoms with Crippen LogP contribution in [-0.4, -0.2) is 0 Å². The highest BCUT2D eigenvalue weighted by atomic mass is 19.3. The molecule has 0 heterocycles. The molecule has 3 aromatic rings. The second-order valence-corrected chi connectivity index (χ2v) is 32.6. The number of alkyl halides is 2. The van der Waals surface area contributed by atoms with Crippen LogP contribution >= 0.6 is 0 Å². The average Bonchev–Trinajstić information content (AvgIpc) is 0.715. The van der Waals surface area contributed by atoms with Crippen molar-refractivity contribution in [3.05, 3.63) is 161 Å². The first kappa shape index (κ1) is 78.9. The summed E-state index contributed by atoms with van der Waals surface area (Å²) in [5.74, 6) is 9.89. The zero-order chi connectivity index (χ0) is 70.1. The van der Waals surface area contributed by atoms with Gasteiger partial charge in [-0.2, -0.15) is 8.78 Å². The van der Waals surface area contributed by atoms with Crippen molar-refractivity contribution in [1.29, 1.82) is 0 Å². The molecule has 6 aliphatic rings. The van der Waals surface area contributed by atoms with E-state index in [0.29, 0.717) is 35.2 Å². The maximum absolute atomic E-state index is 15.9. The number of hydrogen-bond donors (Lipinski definition) is 0. The van der Waals surface area contributed by atoms with Crippen LogP contribution < -0.4 is 4.74 Å². The van der Waals surface area contributed by atoms with Gasteiger partial charge in [0.15, 0.2) is 0 Å². The topological polar surface area (TPSA) is 9.23 Å². The summed E-state index contributed by atoms with van der Waals surface area (Å²) in [5, 5.41) is 0.